The zero-order chi connectivity index (χ0) is 13.0. The lowest BCUT2D eigenvalue weighted by atomic mass is 9.98. The summed E-state index contributed by atoms with van der Waals surface area (Å²) < 4.78 is 0. The lowest BCUT2D eigenvalue weighted by molar-refractivity contribution is 0.112. The molecule has 18 heavy (non-hydrogen) atoms. The topological polar surface area (TPSA) is 33.2 Å². The molecule has 2 heterocycles. The summed E-state index contributed by atoms with van der Waals surface area (Å²) in [5, 5.41) is 1.05. The van der Waals surface area contributed by atoms with Gasteiger partial charge in [-0.2, -0.15) is 0 Å². The Hall–Kier alpha value is -0.900. The van der Waals surface area contributed by atoms with Crippen LogP contribution in [-0.4, -0.2) is 24.4 Å². The van der Waals surface area contributed by atoms with E-state index >= 15 is 0 Å². The Kier molecular flexibility index (Phi) is 4.75. The van der Waals surface area contributed by atoms with E-state index in [0.717, 1.165) is 47.4 Å². The molecule has 1 saturated heterocycles. The molecule has 0 aliphatic carbocycles. The highest BCUT2D eigenvalue weighted by Gasteiger charge is 2.19. The SMILES string of the molecule is CCc1nc(N2CCCC(CC)CC2)sc1C=O. The quantitative estimate of drug-likeness (QED) is 0.782. The van der Waals surface area contributed by atoms with Gasteiger partial charge in [0.2, 0.25) is 0 Å². The number of carbonyl (C=O) groups excluding carboxylic acids is 1. The molecular formula is C14H22N2OS. The van der Waals surface area contributed by atoms with Gasteiger partial charge in [0, 0.05) is 13.1 Å². The molecule has 0 amide bonds. The van der Waals surface area contributed by atoms with E-state index in [2.05, 4.69) is 23.7 Å². The van der Waals surface area contributed by atoms with Gasteiger partial charge >= 0.3 is 0 Å². The van der Waals surface area contributed by atoms with Crippen LogP contribution in [0, 0.1) is 5.92 Å². The minimum Gasteiger partial charge on any atom is -0.348 e. The van der Waals surface area contributed by atoms with E-state index in [1.807, 2.05) is 0 Å². The van der Waals surface area contributed by atoms with E-state index in [1.54, 1.807) is 11.3 Å². The summed E-state index contributed by atoms with van der Waals surface area (Å²) in [6.07, 6.45) is 6.91. The highest BCUT2D eigenvalue weighted by Crippen LogP contribution is 2.29. The molecule has 1 atom stereocenters. The van der Waals surface area contributed by atoms with Crippen LogP contribution >= 0.6 is 11.3 Å². The van der Waals surface area contributed by atoms with Crippen molar-refractivity contribution in [3.63, 3.8) is 0 Å². The van der Waals surface area contributed by atoms with Crippen molar-refractivity contribution in [1.82, 2.24) is 4.98 Å². The van der Waals surface area contributed by atoms with Crippen LogP contribution in [0.2, 0.25) is 0 Å². The van der Waals surface area contributed by atoms with Crippen LogP contribution in [0.4, 0.5) is 5.13 Å². The Morgan fingerprint density at radius 3 is 2.83 bits per heavy atom. The van der Waals surface area contributed by atoms with Crippen LogP contribution in [-0.2, 0) is 6.42 Å². The van der Waals surface area contributed by atoms with Crippen LogP contribution in [0.15, 0.2) is 0 Å². The number of hydrogen-bond acceptors (Lipinski definition) is 4. The van der Waals surface area contributed by atoms with Crippen LogP contribution < -0.4 is 4.90 Å². The Labute approximate surface area is 113 Å². The molecule has 100 valence electrons. The molecule has 0 saturated carbocycles. The first-order valence-corrected chi connectivity index (χ1v) is 7.79. The van der Waals surface area contributed by atoms with Gasteiger partial charge in [0.05, 0.1) is 10.6 Å². The fraction of sp³-hybridized carbons (Fsp3) is 0.714. The zero-order valence-electron chi connectivity index (χ0n) is 11.3. The van der Waals surface area contributed by atoms with Gasteiger partial charge in [-0.15, -0.1) is 0 Å². The smallest absolute Gasteiger partial charge is 0.186 e. The van der Waals surface area contributed by atoms with Crippen LogP contribution in [0.1, 0.15) is 54.9 Å². The van der Waals surface area contributed by atoms with Crippen molar-refractivity contribution in [3.05, 3.63) is 10.6 Å². The average molecular weight is 266 g/mol. The molecule has 0 radical (unpaired) electrons. The number of anilines is 1. The summed E-state index contributed by atoms with van der Waals surface area (Å²) in [4.78, 5) is 18.8. The summed E-state index contributed by atoms with van der Waals surface area (Å²) >= 11 is 1.56. The molecule has 1 fully saturated rings. The summed E-state index contributed by atoms with van der Waals surface area (Å²) in [5.74, 6) is 0.867. The Balaban J connectivity index is 2.11. The molecule has 0 bridgehead atoms. The van der Waals surface area contributed by atoms with Gasteiger partial charge in [0.1, 0.15) is 0 Å². The molecular weight excluding hydrogens is 244 g/mol. The van der Waals surface area contributed by atoms with E-state index in [1.165, 1.54) is 25.7 Å². The number of thiazole rings is 1. The third-order valence-electron chi connectivity index (χ3n) is 3.85. The van der Waals surface area contributed by atoms with Gasteiger partial charge in [-0.05, 0) is 31.6 Å². The fourth-order valence-electron chi connectivity index (χ4n) is 2.60. The van der Waals surface area contributed by atoms with Crippen molar-refractivity contribution in [3.8, 4) is 0 Å². The largest absolute Gasteiger partial charge is 0.348 e. The average Bonchev–Trinajstić information content (AvgIpc) is 2.68. The molecule has 1 aliphatic rings. The van der Waals surface area contributed by atoms with E-state index in [4.69, 9.17) is 0 Å². The molecule has 1 aliphatic heterocycles. The first kappa shape index (κ1) is 13.5. The minimum atomic E-state index is 0.809. The Morgan fingerprint density at radius 1 is 1.39 bits per heavy atom. The molecule has 1 aromatic heterocycles. The maximum Gasteiger partial charge on any atom is 0.186 e. The number of nitrogens with zero attached hydrogens (tertiary/aromatic N) is 2. The lowest BCUT2D eigenvalue weighted by Crippen LogP contribution is -2.24. The van der Waals surface area contributed by atoms with Gasteiger partial charge < -0.3 is 4.90 Å². The number of carbonyl (C=O) groups is 1. The number of hydrogen-bond donors (Lipinski definition) is 0. The van der Waals surface area contributed by atoms with Crippen molar-refractivity contribution in [2.45, 2.75) is 46.0 Å². The molecule has 3 nitrogen and oxygen atoms in total. The van der Waals surface area contributed by atoms with Gasteiger partial charge in [-0.25, -0.2) is 4.98 Å². The molecule has 2 rings (SSSR count). The Bertz CT molecular complexity index is 402. The molecule has 0 aromatic carbocycles. The summed E-state index contributed by atoms with van der Waals surface area (Å²) in [6.45, 7) is 6.52. The van der Waals surface area contributed by atoms with Crippen LogP contribution in [0.3, 0.4) is 0 Å². The van der Waals surface area contributed by atoms with E-state index < -0.39 is 0 Å². The van der Waals surface area contributed by atoms with Crippen molar-refractivity contribution in [2.24, 2.45) is 5.92 Å². The number of rotatable bonds is 4. The van der Waals surface area contributed by atoms with Crippen molar-refractivity contribution < 1.29 is 4.79 Å². The first-order valence-electron chi connectivity index (χ1n) is 6.98. The number of aryl methyl sites for hydroxylation is 1. The lowest BCUT2D eigenvalue weighted by Gasteiger charge is -2.19. The van der Waals surface area contributed by atoms with Crippen LogP contribution in [0.5, 0.6) is 0 Å². The van der Waals surface area contributed by atoms with E-state index in [0.29, 0.717) is 0 Å². The molecule has 1 unspecified atom stereocenters. The van der Waals surface area contributed by atoms with Crippen molar-refractivity contribution >= 4 is 22.8 Å². The number of aldehydes is 1. The van der Waals surface area contributed by atoms with Crippen LogP contribution in [0.25, 0.3) is 0 Å². The molecule has 1 aromatic rings. The fourth-order valence-corrected chi connectivity index (χ4v) is 3.62. The first-order chi connectivity index (χ1) is 8.78. The minimum absolute atomic E-state index is 0.809. The second-order valence-electron chi connectivity index (χ2n) is 4.97. The van der Waals surface area contributed by atoms with Gasteiger partial charge in [0.25, 0.3) is 0 Å². The summed E-state index contributed by atoms with van der Waals surface area (Å²) in [5.41, 5.74) is 0.960. The molecule has 0 N–H and O–H groups in total. The van der Waals surface area contributed by atoms with Gasteiger partial charge in [-0.3, -0.25) is 4.79 Å². The molecule has 4 heteroatoms. The predicted molar refractivity (Wildman–Crippen MR) is 76.7 cm³/mol. The van der Waals surface area contributed by atoms with E-state index in [-0.39, 0.29) is 0 Å². The highest BCUT2D eigenvalue weighted by molar-refractivity contribution is 7.17. The van der Waals surface area contributed by atoms with Gasteiger partial charge in [-0.1, -0.05) is 31.6 Å². The van der Waals surface area contributed by atoms with Crippen molar-refractivity contribution in [1.29, 1.82) is 0 Å². The third-order valence-corrected chi connectivity index (χ3v) is 4.94. The highest BCUT2D eigenvalue weighted by atomic mass is 32.1. The van der Waals surface area contributed by atoms with Crippen molar-refractivity contribution in [2.75, 3.05) is 18.0 Å². The second-order valence-corrected chi connectivity index (χ2v) is 5.98. The zero-order valence-corrected chi connectivity index (χ0v) is 12.1. The maximum atomic E-state index is 11.0. The third kappa shape index (κ3) is 2.91. The standard InChI is InChI=1S/C14H22N2OS/c1-3-11-6-5-8-16(9-7-11)14-15-12(4-2)13(10-17)18-14/h10-11H,3-9H2,1-2H3. The Morgan fingerprint density at radius 2 is 2.22 bits per heavy atom. The molecule has 0 spiro atoms. The second kappa shape index (κ2) is 6.32. The number of aromatic nitrogens is 1. The predicted octanol–water partition coefficient (Wildman–Crippen LogP) is 3.53. The van der Waals surface area contributed by atoms with E-state index in [9.17, 15) is 4.79 Å². The van der Waals surface area contributed by atoms with Gasteiger partial charge in [0.15, 0.2) is 11.4 Å². The summed E-state index contributed by atoms with van der Waals surface area (Å²) in [6, 6.07) is 0. The monoisotopic (exact) mass is 266 g/mol. The maximum absolute atomic E-state index is 11.0. The summed E-state index contributed by atoms with van der Waals surface area (Å²) in [7, 11) is 0. The normalized spacial score (nSPS) is 20.8.